The van der Waals surface area contributed by atoms with Crippen LogP contribution in [0.15, 0.2) is 48.5 Å². The summed E-state index contributed by atoms with van der Waals surface area (Å²) in [5.74, 6) is 0.318. The van der Waals surface area contributed by atoms with Gasteiger partial charge in [0.2, 0.25) is 5.91 Å². The van der Waals surface area contributed by atoms with Crippen LogP contribution < -0.4 is 5.32 Å². The molecule has 0 unspecified atom stereocenters. The van der Waals surface area contributed by atoms with E-state index in [-0.39, 0.29) is 11.8 Å². The molecule has 4 heteroatoms. The number of fused-ring (bicyclic) bond motifs is 1. The Morgan fingerprint density at radius 1 is 1.09 bits per heavy atom. The van der Waals surface area contributed by atoms with Crippen LogP contribution in [0.1, 0.15) is 24.1 Å². The lowest BCUT2D eigenvalue weighted by Crippen LogP contribution is -2.13. The zero-order valence-electron chi connectivity index (χ0n) is 12.6. The first-order valence-corrected chi connectivity index (χ1v) is 7.82. The second-order valence-corrected chi connectivity index (χ2v) is 5.84. The van der Waals surface area contributed by atoms with Gasteiger partial charge in [-0.3, -0.25) is 9.89 Å². The topological polar surface area (TPSA) is 57.8 Å². The minimum Gasteiger partial charge on any atom is -0.325 e. The average Bonchev–Trinajstić information content (AvgIpc) is 3.35. The Morgan fingerprint density at radius 2 is 1.87 bits per heavy atom. The van der Waals surface area contributed by atoms with Gasteiger partial charge in [-0.05, 0) is 36.6 Å². The molecule has 3 aromatic rings. The predicted molar refractivity (Wildman–Crippen MR) is 92.8 cm³/mol. The third-order valence-corrected chi connectivity index (χ3v) is 4.09. The number of hydrogen-bond donors (Lipinski definition) is 2. The first-order valence-electron chi connectivity index (χ1n) is 7.82. The van der Waals surface area contributed by atoms with Crippen molar-refractivity contribution < 1.29 is 4.79 Å². The van der Waals surface area contributed by atoms with Gasteiger partial charge in [0.15, 0.2) is 0 Å². The number of benzene rings is 2. The molecule has 1 saturated carbocycles. The van der Waals surface area contributed by atoms with Crippen molar-refractivity contribution in [1.82, 2.24) is 10.2 Å². The summed E-state index contributed by atoms with van der Waals surface area (Å²) in [7, 11) is 0. The van der Waals surface area contributed by atoms with Crippen LogP contribution >= 0.6 is 0 Å². The number of aromatic nitrogens is 2. The maximum Gasteiger partial charge on any atom is 0.227 e. The normalized spacial score (nSPS) is 14.4. The number of aromatic amines is 1. The van der Waals surface area contributed by atoms with Crippen molar-refractivity contribution in [2.75, 3.05) is 5.32 Å². The number of H-pyrrole nitrogens is 1. The number of carbonyl (C=O) groups is 1. The molecule has 1 heterocycles. The molecule has 0 spiro atoms. The fourth-order valence-corrected chi connectivity index (χ4v) is 2.62. The van der Waals surface area contributed by atoms with E-state index in [0.717, 1.165) is 40.7 Å². The second-order valence-electron chi connectivity index (χ2n) is 5.84. The zero-order chi connectivity index (χ0) is 15.6. The number of hydrogen-bond acceptors (Lipinski definition) is 2. The number of para-hydroxylation sites is 2. The van der Waals surface area contributed by atoms with Crippen LogP contribution in [0.2, 0.25) is 0 Å². The number of nitrogens with one attached hydrogen (secondary N) is 2. The first kappa shape index (κ1) is 13.8. The molecular formula is C19H17N3O. The molecule has 2 aromatic carbocycles. The zero-order valence-corrected chi connectivity index (χ0v) is 12.6. The van der Waals surface area contributed by atoms with Gasteiger partial charge in [-0.15, -0.1) is 0 Å². The molecule has 2 N–H and O–H groups in total. The maximum absolute atomic E-state index is 12.0. The molecule has 0 atom stereocenters. The van der Waals surface area contributed by atoms with E-state index in [1.807, 2.05) is 60.7 Å². The fraction of sp³-hybridized carbons (Fsp3) is 0.158. The molecule has 0 aliphatic heterocycles. The van der Waals surface area contributed by atoms with E-state index in [0.29, 0.717) is 0 Å². The molecule has 1 aromatic heterocycles. The SMILES string of the molecule is O=C(Nc1ccccc1/C=C/c1n[nH]c2ccccc12)C1CC1. The minimum atomic E-state index is 0.121. The van der Waals surface area contributed by atoms with Crippen LogP contribution in [0, 0.1) is 5.92 Å². The van der Waals surface area contributed by atoms with E-state index in [4.69, 9.17) is 0 Å². The second kappa shape index (κ2) is 5.72. The lowest BCUT2D eigenvalue weighted by atomic mass is 10.1. The van der Waals surface area contributed by atoms with E-state index in [9.17, 15) is 4.79 Å². The summed E-state index contributed by atoms with van der Waals surface area (Å²) >= 11 is 0. The largest absolute Gasteiger partial charge is 0.325 e. The van der Waals surface area contributed by atoms with Gasteiger partial charge in [-0.1, -0.05) is 42.5 Å². The minimum absolute atomic E-state index is 0.121. The summed E-state index contributed by atoms with van der Waals surface area (Å²) in [4.78, 5) is 12.0. The highest BCUT2D eigenvalue weighted by atomic mass is 16.2. The Hall–Kier alpha value is -2.88. The van der Waals surface area contributed by atoms with Crippen molar-refractivity contribution in [3.63, 3.8) is 0 Å². The van der Waals surface area contributed by atoms with Crippen LogP contribution in [0.5, 0.6) is 0 Å². The van der Waals surface area contributed by atoms with Gasteiger partial charge in [-0.25, -0.2) is 0 Å². The highest BCUT2D eigenvalue weighted by Gasteiger charge is 2.29. The molecule has 1 amide bonds. The highest BCUT2D eigenvalue weighted by molar-refractivity contribution is 5.97. The van der Waals surface area contributed by atoms with Crippen molar-refractivity contribution in [3.05, 3.63) is 59.8 Å². The van der Waals surface area contributed by atoms with Gasteiger partial charge in [0.25, 0.3) is 0 Å². The standard InChI is InChI=1S/C19H17N3O/c23-19(14-9-10-14)20-16-7-3-1-5-13(16)11-12-18-15-6-2-4-8-17(15)21-22-18/h1-8,11-12,14H,9-10H2,(H,20,23)(H,21,22)/b12-11+. The molecule has 0 saturated heterocycles. The van der Waals surface area contributed by atoms with Crippen LogP contribution in [0.25, 0.3) is 23.1 Å². The summed E-state index contributed by atoms with van der Waals surface area (Å²) < 4.78 is 0. The molecule has 1 fully saturated rings. The average molecular weight is 303 g/mol. The van der Waals surface area contributed by atoms with Gasteiger partial charge in [-0.2, -0.15) is 5.10 Å². The summed E-state index contributed by atoms with van der Waals surface area (Å²) in [6.45, 7) is 0. The van der Waals surface area contributed by atoms with E-state index in [1.165, 1.54) is 0 Å². The Balaban J connectivity index is 1.61. The number of anilines is 1. The summed E-state index contributed by atoms with van der Waals surface area (Å²) in [6, 6.07) is 15.9. The number of carbonyl (C=O) groups excluding carboxylic acids is 1. The number of amides is 1. The Bertz CT molecular complexity index is 890. The Kier molecular flexibility index (Phi) is 3.42. The molecule has 114 valence electrons. The van der Waals surface area contributed by atoms with Crippen molar-refractivity contribution in [2.45, 2.75) is 12.8 Å². The van der Waals surface area contributed by atoms with Gasteiger partial charge in [0, 0.05) is 17.0 Å². The lowest BCUT2D eigenvalue weighted by molar-refractivity contribution is -0.117. The van der Waals surface area contributed by atoms with Crippen LogP contribution in [-0.2, 0) is 4.79 Å². The summed E-state index contributed by atoms with van der Waals surface area (Å²) in [5.41, 5.74) is 3.74. The van der Waals surface area contributed by atoms with Gasteiger partial charge < -0.3 is 5.32 Å². The van der Waals surface area contributed by atoms with E-state index in [1.54, 1.807) is 0 Å². The molecule has 0 radical (unpaired) electrons. The third-order valence-electron chi connectivity index (χ3n) is 4.09. The van der Waals surface area contributed by atoms with E-state index in [2.05, 4.69) is 15.5 Å². The van der Waals surface area contributed by atoms with Crippen molar-refractivity contribution in [3.8, 4) is 0 Å². The van der Waals surface area contributed by atoms with Crippen LogP contribution in [0.4, 0.5) is 5.69 Å². The fourth-order valence-electron chi connectivity index (χ4n) is 2.62. The monoisotopic (exact) mass is 303 g/mol. The van der Waals surface area contributed by atoms with Crippen molar-refractivity contribution >= 4 is 34.6 Å². The molecule has 4 nitrogen and oxygen atoms in total. The quantitative estimate of drug-likeness (QED) is 0.763. The lowest BCUT2D eigenvalue weighted by Gasteiger charge is -2.07. The van der Waals surface area contributed by atoms with Crippen molar-refractivity contribution in [2.24, 2.45) is 5.92 Å². The van der Waals surface area contributed by atoms with Crippen LogP contribution in [0.3, 0.4) is 0 Å². The third kappa shape index (κ3) is 2.88. The predicted octanol–water partition coefficient (Wildman–Crippen LogP) is 4.08. The molecule has 1 aliphatic carbocycles. The molecule has 1 aliphatic rings. The molecule has 4 rings (SSSR count). The first-order chi connectivity index (χ1) is 11.3. The van der Waals surface area contributed by atoms with E-state index < -0.39 is 0 Å². The Labute approximate surface area is 134 Å². The van der Waals surface area contributed by atoms with Gasteiger partial charge in [0.05, 0.1) is 11.2 Å². The highest BCUT2D eigenvalue weighted by Crippen LogP contribution is 2.31. The smallest absolute Gasteiger partial charge is 0.227 e. The van der Waals surface area contributed by atoms with Crippen molar-refractivity contribution in [1.29, 1.82) is 0 Å². The Morgan fingerprint density at radius 3 is 2.74 bits per heavy atom. The molecular weight excluding hydrogens is 286 g/mol. The van der Waals surface area contributed by atoms with E-state index >= 15 is 0 Å². The maximum atomic E-state index is 12.0. The van der Waals surface area contributed by atoms with Gasteiger partial charge in [0.1, 0.15) is 0 Å². The number of nitrogens with zero attached hydrogens (tertiary/aromatic N) is 1. The molecule has 0 bridgehead atoms. The number of rotatable bonds is 4. The van der Waals surface area contributed by atoms with Gasteiger partial charge >= 0.3 is 0 Å². The van der Waals surface area contributed by atoms with Crippen LogP contribution in [-0.4, -0.2) is 16.1 Å². The molecule has 23 heavy (non-hydrogen) atoms. The summed E-state index contributed by atoms with van der Waals surface area (Å²) in [5, 5.41) is 11.5. The summed E-state index contributed by atoms with van der Waals surface area (Å²) in [6.07, 6.45) is 5.97.